The Morgan fingerprint density at radius 1 is 1.29 bits per heavy atom. The minimum Gasteiger partial charge on any atom is -0.393 e. The first kappa shape index (κ1) is 14.9. The lowest BCUT2D eigenvalue weighted by molar-refractivity contribution is 0.182. The zero-order chi connectivity index (χ0) is 16.7. The fraction of sp³-hybridized carbons (Fsp3) is 0.294. The normalized spacial score (nSPS) is 20.6. The van der Waals surface area contributed by atoms with Crippen molar-refractivity contribution in [2.24, 2.45) is 0 Å². The van der Waals surface area contributed by atoms with Crippen LogP contribution in [0.4, 0.5) is 15.9 Å². The monoisotopic (exact) mass is 327 g/mol. The van der Waals surface area contributed by atoms with E-state index in [1.54, 1.807) is 6.20 Å². The summed E-state index contributed by atoms with van der Waals surface area (Å²) in [5.41, 5.74) is 8.38. The lowest BCUT2D eigenvalue weighted by atomic mass is 10.1. The average molecular weight is 327 g/mol. The van der Waals surface area contributed by atoms with Gasteiger partial charge in [0.2, 0.25) is 0 Å². The fourth-order valence-electron chi connectivity index (χ4n) is 3.28. The summed E-state index contributed by atoms with van der Waals surface area (Å²) >= 11 is 0. The third-order valence-electron chi connectivity index (χ3n) is 4.50. The molecule has 1 saturated carbocycles. The number of aromatic amines is 1. The van der Waals surface area contributed by atoms with E-state index < -0.39 is 5.82 Å². The minimum absolute atomic E-state index is 0.0329. The summed E-state index contributed by atoms with van der Waals surface area (Å²) in [6.07, 6.45) is 3.54. The van der Waals surface area contributed by atoms with Crippen LogP contribution in [-0.2, 0) is 0 Å². The topological polar surface area (TPSA) is 99.9 Å². The molecule has 7 heteroatoms. The molecule has 0 amide bonds. The predicted octanol–water partition coefficient (Wildman–Crippen LogP) is 2.67. The molecule has 0 spiro atoms. The zero-order valence-electron chi connectivity index (χ0n) is 13.0. The molecule has 1 fully saturated rings. The fourth-order valence-corrected chi connectivity index (χ4v) is 3.28. The highest BCUT2D eigenvalue weighted by Crippen LogP contribution is 2.33. The number of aliphatic hydroxyl groups is 1. The van der Waals surface area contributed by atoms with Crippen molar-refractivity contribution < 1.29 is 9.50 Å². The molecule has 3 aromatic rings. The Bertz CT molecular complexity index is 880. The number of H-pyrrole nitrogens is 1. The van der Waals surface area contributed by atoms with E-state index in [0.717, 1.165) is 24.1 Å². The van der Waals surface area contributed by atoms with E-state index in [0.29, 0.717) is 23.0 Å². The number of anilines is 2. The molecule has 2 unspecified atom stereocenters. The summed E-state index contributed by atoms with van der Waals surface area (Å²) in [6.45, 7) is 0. The number of hydrogen-bond donors (Lipinski definition) is 4. The van der Waals surface area contributed by atoms with Crippen LogP contribution in [0.3, 0.4) is 0 Å². The summed E-state index contributed by atoms with van der Waals surface area (Å²) in [7, 11) is 0. The molecule has 2 atom stereocenters. The summed E-state index contributed by atoms with van der Waals surface area (Å²) in [6, 6.07) is 7.43. The largest absolute Gasteiger partial charge is 0.393 e. The highest BCUT2D eigenvalue weighted by Gasteiger charge is 2.25. The number of aliphatic hydroxyl groups excluding tert-OH is 1. The van der Waals surface area contributed by atoms with Gasteiger partial charge in [-0.2, -0.15) is 5.10 Å². The summed E-state index contributed by atoms with van der Waals surface area (Å²) in [5, 5.41) is 20.5. The summed E-state index contributed by atoms with van der Waals surface area (Å²) in [4.78, 5) is 4.17. The Labute approximate surface area is 137 Å². The lowest BCUT2D eigenvalue weighted by Crippen LogP contribution is -2.18. The first-order valence-electron chi connectivity index (χ1n) is 7.95. The lowest BCUT2D eigenvalue weighted by Gasteiger charge is -2.17. The number of halogens is 1. The van der Waals surface area contributed by atoms with Crippen LogP contribution in [0.15, 0.2) is 30.5 Å². The molecule has 24 heavy (non-hydrogen) atoms. The number of rotatable bonds is 3. The maximum atomic E-state index is 14.5. The zero-order valence-corrected chi connectivity index (χ0v) is 13.0. The highest BCUT2D eigenvalue weighted by atomic mass is 19.1. The minimum atomic E-state index is -0.545. The van der Waals surface area contributed by atoms with E-state index in [2.05, 4.69) is 20.5 Å². The number of benzene rings is 1. The number of pyridine rings is 1. The third-order valence-corrected chi connectivity index (χ3v) is 4.50. The highest BCUT2D eigenvalue weighted by molar-refractivity contribution is 5.95. The molecule has 0 aliphatic heterocycles. The van der Waals surface area contributed by atoms with Crippen LogP contribution in [0.25, 0.3) is 22.2 Å². The average Bonchev–Trinajstić information content (AvgIpc) is 3.23. The van der Waals surface area contributed by atoms with Gasteiger partial charge in [-0.25, -0.2) is 9.37 Å². The van der Waals surface area contributed by atoms with Crippen LogP contribution < -0.4 is 11.1 Å². The van der Waals surface area contributed by atoms with E-state index in [4.69, 9.17) is 5.73 Å². The van der Waals surface area contributed by atoms with Crippen LogP contribution >= 0.6 is 0 Å². The standard InChI is InChI=1S/C17H18FN5O/c18-15-16(21-10-2-3-11(24)8-10)12-4-1-9(13-5-6-20-23-13)7-14(12)22-17(15)19/h1,4-7,10-11,24H,2-3,8H2,(H,20,23)(H3,19,21,22). The Morgan fingerprint density at radius 2 is 2.17 bits per heavy atom. The van der Waals surface area contributed by atoms with Crippen molar-refractivity contribution in [1.29, 1.82) is 0 Å². The molecule has 1 aliphatic rings. The van der Waals surface area contributed by atoms with Crippen LogP contribution in [0, 0.1) is 5.82 Å². The van der Waals surface area contributed by atoms with E-state index in [-0.39, 0.29) is 18.0 Å². The van der Waals surface area contributed by atoms with Gasteiger partial charge < -0.3 is 16.2 Å². The van der Waals surface area contributed by atoms with Crippen molar-refractivity contribution in [2.45, 2.75) is 31.4 Å². The Kier molecular flexibility index (Phi) is 3.57. The molecular weight excluding hydrogens is 309 g/mol. The van der Waals surface area contributed by atoms with Crippen LogP contribution in [0.2, 0.25) is 0 Å². The second kappa shape index (κ2) is 5.76. The number of nitrogens with one attached hydrogen (secondary N) is 2. The molecule has 4 rings (SSSR count). The summed E-state index contributed by atoms with van der Waals surface area (Å²) in [5.74, 6) is -0.681. The molecule has 1 aromatic carbocycles. The SMILES string of the molecule is Nc1nc2cc(-c3cc[nH]n3)ccc2c(NC2CCC(O)C2)c1F. The molecule has 2 heterocycles. The van der Waals surface area contributed by atoms with Crippen LogP contribution in [0.5, 0.6) is 0 Å². The van der Waals surface area contributed by atoms with Gasteiger partial charge in [0.15, 0.2) is 11.6 Å². The number of hydrogen-bond acceptors (Lipinski definition) is 5. The molecule has 0 saturated heterocycles. The second-order valence-corrected chi connectivity index (χ2v) is 6.19. The Balaban J connectivity index is 1.78. The van der Waals surface area contributed by atoms with Gasteiger partial charge in [0.1, 0.15) is 0 Å². The molecule has 1 aliphatic carbocycles. The summed E-state index contributed by atoms with van der Waals surface area (Å²) < 4.78 is 14.5. The number of nitrogens with zero attached hydrogens (tertiary/aromatic N) is 2. The van der Waals surface area contributed by atoms with Crippen molar-refractivity contribution in [3.8, 4) is 11.3 Å². The smallest absolute Gasteiger partial charge is 0.188 e. The van der Waals surface area contributed by atoms with Crippen LogP contribution in [-0.4, -0.2) is 32.4 Å². The van der Waals surface area contributed by atoms with Gasteiger partial charge in [0.25, 0.3) is 0 Å². The molecular formula is C17H18FN5O. The quantitative estimate of drug-likeness (QED) is 0.593. The Morgan fingerprint density at radius 3 is 2.88 bits per heavy atom. The van der Waals surface area contributed by atoms with Crippen molar-refractivity contribution in [3.63, 3.8) is 0 Å². The van der Waals surface area contributed by atoms with Gasteiger partial charge in [-0.05, 0) is 37.5 Å². The van der Waals surface area contributed by atoms with Gasteiger partial charge in [0.05, 0.1) is 23.0 Å². The number of nitrogen functional groups attached to an aromatic ring is 1. The maximum Gasteiger partial charge on any atom is 0.188 e. The molecule has 6 nitrogen and oxygen atoms in total. The van der Waals surface area contributed by atoms with Crippen molar-refractivity contribution in [2.75, 3.05) is 11.1 Å². The van der Waals surface area contributed by atoms with E-state index in [9.17, 15) is 9.50 Å². The van der Waals surface area contributed by atoms with E-state index in [1.165, 1.54) is 0 Å². The Hall–Kier alpha value is -2.67. The maximum absolute atomic E-state index is 14.5. The third kappa shape index (κ3) is 2.56. The first-order valence-corrected chi connectivity index (χ1v) is 7.95. The molecule has 0 radical (unpaired) electrons. The van der Waals surface area contributed by atoms with Crippen molar-refractivity contribution >= 4 is 22.4 Å². The number of fused-ring (bicyclic) bond motifs is 1. The predicted molar refractivity (Wildman–Crippen MR) is 91.0 cm³/mol. The van der Waals surface area contributed by atoms with Gasteiger partial charge in [-0.3, -0.25) is 5.10 Å². The van der Waals surface area contributed by atoms with Gasteiger partial charge >= 0.3 is 0 Å². The van der Waals surface area contributed by atoms with Gasteiger partial charge in [-0.1, -0.05) is 6.07 Å². The van der Waals surface area contributed by atoms with Gasteiger partial charge in [0, 0.05) is 23.2 Å². The first-order chi connectivity index (χ1) is 11.6. The number of aromatic nitrogens is 3. The van der Waals surface area contributed by atoms with Gasteiger partial charge in [-0.15, -0.1) is 0 Å². The molecule has 2 aromatic heterocycles. The molecule has 5 N–H and O–H groups in total. The van der Waals surface area contributed by atoms with E-state index >= 15 is 0 Å². The van der Waals surface area contributed by atoms with E-state index in [1.807, 2.05) is 24.3 Å². The van der Waals surface area contributed by atoms with Crippen molar-refractivity contribution in [3.05, 3.63) is 36.3 Å². The molecule has 124 valence electrons. The van der Waals surface area contributed by atoms with Crippen LogP contribution in [0.1, 0.15) is 19.3 Å². The number of nitrogens with two attached hydrogens (primary N) is 1. The molecule has 0 bridgehead atoms. The van der Waals surface area contributed by atoms with Crippen molar-refractivity contribution in [1.82, 2.24) is 15.2 Å². The second-order valence-electron chi connectivity index (χ2n) is 6.19.